The molecule has 0 radical (unpaired) electrons. The third-order valence-electron chi connectivity index (χ3n) is 5.65. The summed E-state index contributed by atoms with van der Waals surface area (Å²) in [6.45, 7) is 6.43. The molecule has 164 valence electrons. The van der Waals surface area contributed by atoms with Crippen LogP contribution in [0.3, 0.4) is 0 Å². The summed E-state index contributed by atoms with van der Waals surface area (Å²) in [6, 6.07) is 7.88. The van der Waals surface area contributed by atoms with Crippen molar-refractivity contribution in [3.8, 4) is 0 Å². The number of halogens is 1. The third kappa shape index (κ3) is 8.15. The first-order chi connectivity index (χ1) is 13.3. The van der Waals surface area contributed by atoms with Crippen LogP contribution in [0.2, 0.25) is 0 Å². The van der Waals surface area contributed by atoms with E-state index < -0.39 is 0 Å². The second kappa shape index (κ2) is 12.4. The normalized spacial score (nSPS) is 15.7. The van der Waals surface area contributed by atoms with Crippen molar-refractivity contribution in [2.24, 2.45) is 16.3 Å². The number of guanidine groups is 1. The van der Waals surface area contributed by atoms with E-state index in [-0.39, 0.29) is 29.9 Å². The number of carbonyl (C=O) groups excluding carboxylic acids is 1. The molecule has 2 rings (SSSR count). The lowest BCUT2D eigenvalue weighted by Gasteiger charge is -2.32. The van der Waals surface area contributed by atoms with E-state index in [1.807, 2.05) is 25.2 Å². The van der Waals surface area contributed by atoms with Crippen LogP contribution in [0.15, 0.2) is 29.3 Å². The first kappa shape index (κ1) is 25.7. The molecule has 0 saturated heterocycles. The molecule has 1 fully saturated rings. The number of hydrogen-bond donors (Lipinski definition) is 2. The Hall–Kier alpha value is -1.31. The van der Waals surface area contributed by atoms with Crippen LogP contribution in [0.4, 0.5) is 0 Å². The lowest BCUT2D eigenvalue weighted by molar-refractivity contribution is 0.0827. The van der Waals surface area contributed by atoms with Crippen molar-refractivity contribution in [3.63, 3.8) is 0 Å². The van der Waals surface area contributed by atoms with E-state index in [2.05, 4.69) is 35.5 Å². The lowest BCUT2D eigenvalue weighted by Crippen LogP contribution is -2.44. The average molecular weight is 514 g/mol. The van der Waals surface area contributed by atoms with E-state index in [4.69, 9.17) is 0 Å². The molecule has 1 amide bonds. The Morgan fingerprint density at radius 1 is 1.21 bits per heavy atom. The number of nitrogens with zero attached hydrogens (tertiary/aromatic N) is 2. The van der Waals surface area contributed by atoms with Crippen molar-refractivity contribution in [1.82, 2.24) is 15.5 Å². The number of rotatable bonds is 8. The van der Waals surface area contributed by atoms with E-state index in [1.54, 1.807) is 19.0 Å². The van der Waals surface area contributed by atoms with Crippen LogP contribution in [-0.4, -0.2) is 51.0 Å². The summed E-state index contributed by atoms with van der Waals surface area (Å²) >= 11 is 0. The fourth-order valence-electron chi connectivity index (χ4n) is 4.38. The Bertz CT molecular complexity index is 667. The summed E-state index contributed by atoms with van der Waals surface area (Å²) in [4.78, 5) is 18.1. The van der Waals surface area contributed by atoms with E-state index >= 15 is 0 Å². The SMILES string of the molecule is CN=C(NCCc1cccc(C(=O)N(C)C)c1)NCC1(CC(C)C)CCCC1.I. The van der Waals surface area contributed by atoms with Crippen LogP contribution in [0.25, 0.3) is 0 Å². The van der Waals surface area contributed by atoms with Gasteiger partial charge in [0.1, 0.15) is 0 Å². The summed E-state index contributed by atoms with van der Waals surface area (Å²) in [5, 5.41) is 6.99. The molecular formula is C23H39IN4O. The number of aliphatic imine (C=N–C) groups is 1. The van der Waals surface area contributed by atoms with Gasteiger partial charge in [-0.05, 0) is 54.7 Å². The zero-order valence-electron chi connectivity index (χ0n) is 18.8. The minimum Gasteiger partial charge on any atom is -0.356 e. The van der Waals surface area contributed by atoms with Gasteiger partial charge in [-0.2, -0.15) is 0 Å². The Labute approximate surface area is 194 Å². The lowest BCUT2D eigenvalue weighted by atomic mass is 9.78. The predicted octanol–water partition coefficient (Wildman–Crippen LogP) is 4.32. The molecule has 0 atom stereocenters. The topological polar surface area (TPSA) is 56.7 Å². The zero-order valence-corrected chi connectivity index (χ0v) is 21.1. The maximum atomic E-state index is 12.1. The fourth-order valence-corrected chi connectivity index (χ4v) is 4.38. The Morgan fingerprint density at radius 2 is 1.90 bits per heavy atom. The van der Waals surface area contributed by atoms with Gasteiger partial charge >= 0.3 is 0 Å². The molecule has 29 heavy (non-hydrogen) atoms. The van der Waals surface area contributed by atoms with Gasteiger partial charge < -0.3 is 15.5 Å². The van der Waals surface area contributed by atoms with Crippen LogP contribution in [0.1, 0.15) is 61.9 Å². The minimum atomic E-state index is 0. The molecule has 0 spiro atoms. The monoisotopic (exact) mass is 514 g/mol. The molecule has 0 bridgehead atoms. The minimum absolute atomic E-state index is 0. The third-order valence-corrected chi connectivity index (χ3v) is 5.65. The summed E-state index contributed by atoms with van der Waals surface area (Å²) in [7, 11) is 5.39. The maximum absolute atomic E-state index is 12.1. The average Bonchev–Trinajstić information content (AvgIpc) is 3.11. The molecule has 1 aromatic carbocycles. The number of amides is 1. The van der Waals surface area contributed by atoms with E-state index in [9.17, 15) is 4.79 Å². The van der Waals surface area contributed by atoms with Crippen molar-refractivity contribution in [1.29, 1.82) is 0 Å². The number of benzene rings is 1. The van der Waals surface area contributed by atoms with Crippen molar-refractivity contribution >= 4 is 35.8 Å². The number of nitrogens with one attached hydrogen (secondary N) is 2. The summed E-state index contributed by atoms with van der Waals surface area (Å²) in [5.74, 6) is 1.64. The highest BCUT2D eigenvalue weighted by molar-refractivity contribution is 14.0. The Morgan fingerprint density at radius 3 is 2.48 bits per heavy atom. The predicted molar refractivity (Wildman–Crippen MR) is 133 cm³/mol. The maximum Gasteiger partial charge on any atom is 0.253 e. The molecule has 1 saturated carbocycles. The van der Waals surface area contributed by atoms with E-state index in [0.717, 1.165) is 42.5 Å². The molecule has 0 aliphatic heterocycles. The van der Waals surface area contributed by atoms with Crippen molar-refractivity contribution in [3.05, 3.63) is 35.4 Å². The van der Waals surface area contributed by atoms with Crippen molar-refractivity contribution in [2.45, 2.75) is 52.4 Å². The quantitative estimate of drug-likeness (QED) is 0.309. The zero-order chi connectivity index (χ0) is 20.6. The van der Waals surface area contributed by atoms with Gasteiger partial charge in [0.2, 0.25) is 0 Å². The van der Waals surface area contributed by atoms with Crippen LogP contribution in [0, 0.1) is 11.3 Å². The molecule has 1 aliphatic carbocycles. The van der Waals surface area contributed by atoms with E-state index in [0.29, 0.717) is 5.41 Å². The van der Waals surface area contributed by atoms with Crippen molar-refractivity contribution in [2.75, 3.05) is 34.2 Å². The molecule has 0 aromatic heterocycles. The largest absolute Gasteiger partial charge is 0.356 e. The summed E-state index contributed by atoms with van der Waals surface area (Å²) < 4.78 is 0. The summed E-state index contributed by atoms with van der Waals surface area (Å²) in [6.07, 6.45) is 7.48. The van der Waals surface area contributed by atoms with Gasteiger partial charge in [0.15, 0.2) is 5.96 Å². The first-order valence-corrected chi connectivity index (χ1v) is 10.6. The Kier molecular flexibility index (Phi) is 11.0. The molecule has 0 heterocycles. The second-order valence-corrected chi connectivity index (χ2v) is 8.81. The summed E-state index contributed by atoms with van der Waals surface area (Å²) in [5.41, 5.74) is 2.32. The molecule has 1 aliphatic rings. The molecular weight excluding hydrogens is 475 g/mol. The number of hydrogen-bond acceptors (Lipinski definition) is 2. The van der Waals surface area contributed by atoms with Gasteiger partial charge in [-0.3, -0.25) is 9.79 Å². The Balaban J connectivity index is 0.00000420. The van der Waals surface area contributed by atoms with Gasteiger partial charge in [-0.15, -0.1) is 24.0 Å². The van der Waals surface area contributed by atoms with Gasteiger partial charge in [-0.1, -0.05) is 38.8 Å². The van der Waals surface area contributed by atoms with Gasteiger partial charge in [0, 0.05) is 39.8 Å². The van der Waals surface area contributed by atoms with Gasteiger partial charge in [-0.25, -0.2) is 0 Å². The molecule has 1 aromatic rings. The molecule has 2 N–H and O–H groups in total. The highest BCUT2D eigenvalue weighted by Gasteiger charge is 2.34. The highest BCUT2D eigenvalue weighted by Crippen LogP contribution is 2.42. The van der Waals surface area contributed by atoms with Crippen LogP contribution >= 0.6 is 24.0 Å². The van der Waals surface area contributed by atoms with E-state index in [1.165, 1.54) is 32.1 Å². The van der Waals surface area contributed by atoms with Gasteiger partial charge in [0.05, 0.1) is 0 Å². The first-order valence-electron chi connectivity index (χ1n) is 10.6. The second-order valence-electron chi connectivity index (χ2n) is 8.81. The molecule has 6 heteroatoms. The van der Waals surface area contributed by atoms with Crippen molar-refractivity contribution < 1.29 is 4.79 Å². The fraction of sp³-hybridized carbons (Fsp3) is 0.652. The van der Waals surface area contributed by atoms with Crippen LogP contribution < -0.4 is 10.6 Å². The smallest absolute Gasteiger partial charge is 0.253 e. The standard InChI is InChI=1S/C23H38N4O.HI/c1-18(2)16-23(12-6-7-13-23)17-26-22(24-3)25-14-11-19-9-8-10-20(15-19)21(28)27(4)5;/h8-10,15,18H,6-7,11-14,16-17H2,1-5H3,(H2,24,25,26);1H. The van der Waals surface area contributed by atoms with Crippen LogP contribution in [0.5, 0.6) is 0 Å². The molecule has 5 nitrogen and oxygen atoms in total. The van der Waals surface area contributed by atoms with Gasteiger partial charge in [0.25, 0.3) is 5.91 Å². The highest BCUT2D eigenvalue weighted by atomic mass is 127. The number of carbonyl (C=O) groups is 1. The molecule has 0 unspecified atom stereocenters. The van der Waals surface area contributed by atoms with Crippen LogP contribution in [-0.2, 0) is 6.42 Å².